The minimum absolute atomic E-state index is 0.0619. The van der Waals surface area contributed by atoms with E-state index < -0.39 is 38.6 Å². The van der Waals surface area contributed by atoms with Gasteiger partial charge in [0.2, 0.25) is 5.91 Å². The van der Waals surface area contributed by atoms with E-state index in [-0.39, 0.29) is 21.2 Å². The van der Waals surface area contributed by atoms with Gasteiger partial charge in [-0.3, -0.25) is 29.4 Å². The van der Waals surface area contributed by atoms with Crippen molar-refractivity contribution in [1.82, 2.24) is 4.90 Å². The molecule has 1 fully saturated rings. The van der Waals surface area contributed by atoms with E-state index >= 15 is 0 Å². The molecule has 3 aromatic carbocycles. The molecule has 4 rings (SSSR count). The molecule has 0 atom stereocenters. The number of anilines is 1. The summed E-state index contributed by atoms with van der Waals surface area (Å²) in [4.78, 5) is 48.4. The summed E-state index contributed by atoms with van der Waals surface area (Å²) in [5.74, 6) is -1.24. The standard InChI is InChI=1S/C25H18BrN3O8S2/c1-15-2-11-20(13-21(15)29(33)34)39(35,36)37-19-9-3-16(4-10-19)12-22-24(31)28(25(32)38-22)14-23(30)27-18-7-5-17(26)6-8-18/h2-13H,14H2,1H3,(H,27,30)/b22-12-. The molecule has 0 spiro atoms. The Hall–Kier alpha value is -4.01. The van der Waals surface area contributed by atoms with Crippen LogP contribution in [0, 0.1) is 17.0 Å². The average Bonchev–Trinajstić information content (AvgIpc) is 3.13. The number of nitro benzene ring substituents is 1. The van der Waals surface area contributed by atoms with Gasteiger partial charge in [0.25, 0.3) is 16.8 Å². The molecule has 1 heterocycles. The minimum atomic E-state index is -4.35. The Morgan fingerprint density at radius 3 is 2.41 bits per heavy atom. The van der Waals surface area contributed by atoms with Gasteiger partial charge in [0.15, 0.2) is 0 Å². The summed E-state index contributed by atoms with van der Waals surface area (Å²) in [7, 11) is -4.35. The molecule has 1 aliphatic rings. The quantitative estimate of drug-likeness (QED) is 0.155. The second kappa shape index (κ2) is 11.4. The number of thioether (sulfide) groups is 1. The maximum Gasteiger partial charge on any atom is 0.339 e. The van der Waals surface area contributed by atoms with Gasteiger partial charge in [-0.25, -0.2) is 0 Å². The lowest BCUT2D eigenvalue weighted by Crippen LogP contribution is -2.36. The first-order valence-corrected chi connectivity index (χ1v) is 14.0. The van der Waals surface area contributed by atoms with Gasteiger partial charge in [0.1, 0.15) is 17.2 Å². The molecular weight excluding hydrogens is 614 g/mol. The zero-order valence-electron chi connectivity index (χ0n) is 20.0. The van der Waals surface area contributed by atoms with E-state index in [0.717, 1.165) is 15.4 Å². The zero-order valence-corrected chi connectivity index (χ0v) is 23.2. The molecule has 1 saturated heterocycles. The molecule has 0 bridgehead atoms. The number of nitro groups is 1. The fourth-order valence-electron chi connectivity index (χ4n) is 3.40. The number of benzene rings is 3. The number of rotatable bonds is 8. The van der Waals surface area contributed by atoms with Gasteiger partial charge < -0.3 is 9.50 Å². The van der Waals surface area contributed by atoms with Gasteiger partial charge in [-0.15, -0.1) is 0 Å². The Labute approximate surface area is 235 Å². The molecule has 0 aliphatic carbocycles. The minimum Gasteiger partial charge on any atom is -0.379 e. The van der Waals surface area contributed by atoms with Crippen LogP contribution in [0.4, 0.5) is 16.2 Å². The van der Waals surface area contributed by atoms with E-state index in [0.29, 0.717) is 28.6 Å². The third-order valence-electron chi connectivity index (χ3n) is 5.35. The van der Waals surface area contributed by atoms with Gasteiger partial charge in [0, 0.05) is 21.8 Å². The molecule has 11 nitrogen and oxygen atoms in total. The van der Waals surface area contributed by atoms with Crippen molar-refractivity contribution in [2.45, 2.75) is 11.8 Å². The molecule has 1 N–H and O–H groups in total. The second-order valence-corrected chi connectivity index (χ2v) is 11.6. The van der Waals surface area contributed by atoms with Crippen LogP contribution in [0.1, 0.15) is 11.1 Å². The number of carbonyl (C=O) groups excluding carboxylic acids is 3. The highest BCUT2D eigenvalue weighted by Gasteiger charge is 2.36. The predicted octanol–water partition coefficient (Wildman–Crippen LogP) is 5.11. The second-order valence-electron chi connectivity index (χ2n) is 8.13. The fourth-order valence-corrected chi connectivity index (χ4v) is 5.45. The first kappa shape index (κ1) is 28.0. The Bertz CT molecular complexity index is 1620. The van der Waals surface area contributed by atoms with Crippen LogP contribution < -0.4 is 9.50 Å². The highest BCUT2D eigenvalue weighted by molar-refractivity contribution is 9.10. The molecular formula is C25H18BrN3O8S2. The SMILES string of the molecule is Cc1ccc(S(=O)(=O)Oc2ccc(/C=C3\SC(=O)N(CC(=O)Nc4ccc(Br)cc4)C3=O)cc2)cc1[N+](=O)[O-]. The number of carbonyl (C=O) groups is 3. The number of halogens is 1. The summed E-state index contributed by atoms with van der Waals surface area (Å²) < 4.78 is 31.1. The van der Waals surface area contributed by atoms with Crippen LogP contribution in [-0.2, 0) is 19.7 Å². The van der Waals surface area contributed by atoms with Crippen molar-refractivity contribution in [2.24, 2.45) is 0 Å². The van der Waals surface area contributed by atoms with Crippen LogP contribution in [0.15, 0.2) is 81.0 Å². The van der Waals surface area contributed by atoms with E-state index in [9.17, 15) is 32.9 Å². The van der Waals surface area contributed by atoms with Crippen LogP contribution in [0.25, 0.3) is 6.08 Å². The van der Waals surface area contributed by atoms with E-state index in [1.807, 2.05) is 0 Å². The number of amides is 3. The summed E-state index contributed by atoms with van der Waals surface area (Å²) >= 11 is 3.97. The van der Waals surface area contributed by atoms with Crippen molar-refractivity contribution >= 4 is 72.3 Å². The van der Waals surface area contributed by atoms with Gasteiger partial charge in [-0.2, -0.15) is 8.42 Å². The van der Waals surface area contributed by atoms with Gasteiger partial charge >= 0.3 is 10.1 Å². The van der Waals surface area contributed by atoms with E-state index in [4.69, 9.17) is 4.18 Å². The molecule has 14 heteroatoms. The van der Waals surface area contributed by atoms with Crippen LogP contribution in [0.5, 0.6) is 5.75 Å². The smallest absolute Gasteiger partial charge is 0.339 e. The van der Waals surface area contributed by atoms with Crippen molar-refractivity contribution in [3.8, 4) is 5.75 Å². The summed E-state index contributed by atoms with van der Waals surface area (Å²) in [6.45, 7) is 1.03. The van der Waals surface area contributed by atoms with Crippen LogP contribution in [-0.4, -0.2) is 41.8 Å². The first-order chi connectivity index (χ1) is 18.4. The maximum absolute atomic E-state index is 12.7. The molecule has 39 heavy (non-hydrogen) atoms. The Morgan fingerprint density at radius 2 is 1.77 bits per heavy atom. The monoisotopic (exact) mass is 631 g/mol. The van der Waals surface area contributed by atoms with Crippen LogP contribution >= 0.6 is 27.7 Å². The maximum atomic E-state index is 12.7. The van der Waals surface area contributed by atoms with Crippen molar-refractivity contribution in [1.29, 1.82) is 0 Å². The zero-order chi connectivity index (χ0) is 28.3. The Kier molecular flexibility index (Phi) is 8.18. The lowest BCUT2D eigenvalue weighted by molar-refractivity contribution is -0.385. The highest BCUT2D eigenvalue weighted by Crippen LogP contribution is 2.33. The normalized spacial score (nSPS) is 14.5. The van der Waals surface area contributed by atoms with Crippen molar-refractivity contribution in [3.05, 3.63) is 97.3 Å². The molecule has 1 aliphatic heterocycles. The fraction of sp³-hybridized carbons (Fsp3) is 0.0800. The number of aryl methyl sites for hydroxylation is 1. The third-order valence-corrected chi connectivity index (χ3v) is 8.03. The summed E-state index contributed by atoms with van der Waals surface area (Å²) in [6.07, 6.45) is 1.43. The van der Waals surface area contributed by atoms with Crippen molar-refractivity contribution in [3.63, 3.8) is 0 Å². The largest absolute Gasteiger partial charge is 0.379 e. The van der Waals surface area contributed by atoms with Crippen LogP contribution in [0.2, 0.25) is 0 Å². The van der Waals surface area contributed by atoms with Crippen molar-refractivity contribution < 1.29 is 31.9 Å². The lowest BCUT2D eigenvalue weighted by atomic mass is 10.2. The molecule has 3 amide bonds. The Morgan fingerprint density at radius 1 is 1.10 bits per heavy atom. The average molecular weight is 632 g/mol. The van der Waals surface area contributed by atoms with E-state index in [1.54, 1.807) is 24.3 Å². The van der Waals surface area contributed by atoms with Gasteiger partial charge in [0.05, 0.1) is 9.83 Å². The highest BCUT2D eigenvalue weighted by atomic mass is 79.9. The number of hydrogen-bond donors (Lipinski definition) is 1. The molecule has 0 saturated carbocycles. The van der Waals surface area contributed by atoms with Gasteiger partial charge in [-0.05, 0) is 72.8 Å². The molecule has 0 radical (unpaired) electrons. The number of nitrogens with zero attached hydrogens (tertiary/aromatic N) is 2. The molecule has 200 valence electrons. The van der Waals surface area contributed by atoms with Gasteiger partial charge in [-0.1, -0.05) is 34.1 Å². The summed E-state index contributed by atoms with van der Waals surface area (Å²) in [5.41, 5.74) is 0.930. The third kappa shape index (κ3) is 6.71. The summed E-state index contributed by atoms with van der Waals surface area (Å²) in [6, 6.07) is 15.9. The van der Waals surface area contributed by atoms with Crippen molar-refractivity contribution in [2.75, 3.05) is 11.9 Å². The molecule has 0 unspecified atom stereocenters. The Balaban J connectivity index is 1.42. The van der Waals surface area contributed by atoms with E-state index in [2.05, 4.69) is 21.2 Å². The predicted molar refractivity (Wildman–Crippen MR) is 148 cm³/mol. The lowest BCUT2D eigenvalue weighted by Gasteiger charge is -2.12. The molecule has 3 aromatic rings. The number of nitrogens with one attached hydrogen (secondary N) is 1. The van der Waals surface area contributed by atoms with E-state index in [1.165, 1.54) is 49.4 Å². The summed E-state index contributed by atoms with van der Waals surface area (Å²) in [5, 5.41) is 13.2. The number of imide groups is 1. The molecule has 0 aromatic heterocycles. The number of hydrogen-bond acceptors (Lipinski definition) is 9. The topological polar surface area (TPSA) is 153 Å². The van der Waals surface area contributed by atoms with Crippen LogP contribution in [0.3, 0.4) is 0 Å². The first-order valence-electron chi connectivity index (χ1n) is 11.0.